The minimum absolute atomic E-state index is 0.0451. The van der Waals surface area contributed by atoms with Gasteiger partial charge in [0.1, 0.15) is 17.5 Å². The number of benzene rings is 1. The molecule has 0 radical (unpaired) electrons. The zero-order chi connectivity index (χ0) is 14.5. The third-order valence-electron chi connectivity index (χ3n) is 3.05. The Balaban J connectivity index is 2.12. The maximum Gasteiger partial charge on any atom is 0.147 e. The molecule has 5 heteroatoms. The van der Waals surface area contributed by atoms with Crippen LogP contribution in [0.2, 0.25) is 0 Å². The van der Waals surface area contributed by atoms with E-state index in [-0.39, 0.29) is 11.9 Å². The first-order chi connectivity index (χ1) is 9.60. The highest BCUT2D eigenvalue weighted by Crippen LogP contribution is 2.20. The normalized spacial score (nSPS) is 12.0. The summed E-state index contributed by atoms with van der Waals surface area (Å²) in [4.78, 5) is 8.51. The van der Waals surface area contributed by atoms with Gasteiger partial charge in [-0.2, -0.15) is 0 Å². The average Bonchev–Trinajstić information content (AvgIpc) is 2.42. The Morgan fingerprint density at radius 3 is 2.70 bits per heavy atom. The lowest BCUT2D eigenvalue weighted by atomic mass is 10.1. The second-order valence-corrected chi connectivity index (χ2v) is 4.69. The Labute approximate surface area is 118 Å². The van der Waals surface area contributed by atoms with Crippen LogP contribution in [-0.4, -0.2) is 16.5 Å². The second-order valence-electron chi connectivity index (χ2n) is 4.69. The first-order valence-electron chi connectivity index (χ1n) is 6.68. The molecule has 2 aromatic rings. The molecular formula is C15H19FN4. The molecule has 0 bridgehead atoms. The van der Waals surface area contributed by atoms with Gasteiger partial charge in [0.05, 0.1) is 18.4 Å². The molecule has 0 aliphatic heterocycles. The first kappa shape index (κ1) is 14.2. The van der Waals surface area contributed by atoms with Gasteiger partial charge in [-0.3, -0.25) is 4.98 Å². The predicted octanol–water partition coefficient (Wildman–Crippen LogP) is 3.53. The van der Waals surface area contributed by atoms with E-state index in [1.54, 1.807) is 31.5 Å². The van der Waals surface area contributed by atoms with Crippen LogP contribution >= 0.6 is 0 Å². The Bertz CT molecular complexity index is 586. The van der Waals surface area contributed by atoms with Gasteiger partial charge in [0, 0.05) is 6.54 Å². The monoisotopic (exact) mass is 274 g/mol. The number of hydrogen-bond acceptors (Lipinski definition) is 4. The summed E-state index contributed by atoms with van der Waals surface area (Å²) in [5.41, 5.74) is 1.53. The van der Waals surface area contributed by atoms with E-state index in [1.807, 2.05) is 19.9 Å². The Morgan fingerprint density at radius 1 is 1.25 bits per heavy atom. The summed E-state index contributed by atoms with van der Waals surface area (Å²) >= 11 is 0. The van der Waals surface area contributed by atoms with E-state index < -0.39 is 0 Å². The summed E-state index contributed by atoms with van der Waals surface area (Å²) in [7, 11) is 0. The van der Waals surface area contributed by atoms with Gasteiger partial charge in [0.2, 0.25) is 0 Å². The second kappa shape index (κ2) is 6.32. The molecule has 4 nitrogen and oxygen atoms in total. The molecule has 0 fully saturated rings. The smallest absolute Gasteiger partial charge is 0.147 e. The number of halogens is 1. The van der Waals surface area contributed by atoms with Crippen molar-refractivity contribution in [3.8, 4) is 0 Å². The minimum Gasteiger partial charge on any atom is -0.369 e. The minimum atomic E-state index is -0.191. The first-order valence-corrected chi connectivity index (χ1v) is 6.68. The van der Waals surface area contributed by atoms with E-state index in [1.165, 1.54) is 0 Å². The van der Waals surface area contributed by atoms with E-state index >= 15 is 0 Å². The standard InChI is InChI=1S/C15H19FN4/c1-4-18-14-8-17-9-15(20-14)19-11(3)12-6-5-10(2)13(16)7-12/h5-9,11H,4H2,1-3H3,(H2,18,19,20). The highest BCUT2D eigenvalue weighted by molar-refractivity contribution is 5.43. The summed E-state index contributed by atoms with van der Waals surface area (Å²) in [5.74, 6) is 1.19. The SMILES string of the molecule is CCNc1cncc(NC(C)c2ccc(C)c(F)c2)n1. The van der Waals surface area contributed by atoms with E-state index in [4.69, 9.17) is 0 Å². The van der Waals surface area contributed by atoms with Crippen LogP contribution in [0.5, 0.6) is 0 Å². The summed E-state index contributed by atoms with van der Waals surface area (Å²) < 4.78 is 13.6. The number of anilines is 2. The number of hydrogen-bond donors (Lipinski definition) is 2. The third kappa shape index (κ3) is 3.44. The maximum atomic E-state index is 13.6. The number of aryl methyl sites for hydroxylation is 1. The molecule has 20 heavy (non-hydrogen) atoms. The van der Waals surface area contributed by atoms with Crippen LogP contribution in [0.1, 0.15) is 31.0 Å². The lowest BCUT2D eigenvalue weighted by Crippen LogP contribution is -2.10. The molecule has 1 aromatic heterocycles. The number of nitrogens with one attached hydrogen (secondary N) is 2. The molecule has 0 aliphatic rings. The zero-order valence-electron chi connectivity index (χ0n) is 11.9. The van der Waals surface area contributed by atoms with Crippen LogP contribution in [0.3, 0.4) is 0 Å². The van der Waals surface area contributed by atoms with E-state index in [0.29, 0.717) is 11.4 Å². The van der Waals surface area contributed by atoms with Crippen molar-refractivity contribution in [2.45, 2.75) is 26.8 Å². The fraction of sp³-hybridized carbons (Fsp3) is 0.333. The van der Waals surface area contributed by atoms with Crippen molar-refractivity contribution in [2.75, 3.05) is 17.2 Å². The third-order valence-corrected chi connectivity index (χ3v) is 3.05. The molecular weight excluding hydrogens is 255 g/mol. The fourth-order valence-electron chi connectivity index (χ4n) is 1.89. The fourth-order valence-corrected chi connectivity index (χ4v) is 1.89. The molecule has 2 N–H and O–H groups in total. The summed E-state index contributed by atoms with van der Waals surface area (Å²) in [5, 5.41) is 6.33. The van der Waals surface area contributed by atoms with Gasteiger partial charge in [0.25, 0.3) is 0 Å². The molecule has 1 unspecified atom stereocenters. The van der Waals surface area contributed by atoms with Crippen LogP contribution in [-0.2, 0) is 0 Å². The molecule has 1 atom stereocenters. The highest BCUT2D eigenvalue weighted by Gasteiger charge is 2.09. The quantitative estimate of drug-likeness (QED) is 0.875. The van der Waals surface area contributed by atoms with Gasteiger partial charge in [0.15, 0.2) is 0 Å². The Kier molecular flexibility index (Phi) is 4.50. The Morgan fingerprint density at radius 2 is 2.00 bits per heavy atom. The molecule has 0 aliphatic carbocycles. The van der Waals surface area contributed by atoms with E-state index in [9.17, 15) is 4.39 Å². The lowest BCUT2D eigenvalue weighted by molar-refractivity contribution is 0.614. The van der Waals surface area contributed by atoms with Gasteiger partial charge < -0.3 is 10.6 Å². The predicted molar refractivity (Wildman–Crippen MR) is 79.4 cm³/mol. The van der Waals surface area contributed by atoms with E-state index in [0.717, 1.165) is 17.9 Å². The van der Waals surface area contributed by atoms with Gasteiger partial charge in [-0.1, -0.05) is 12.1 Å². The topological polar surface area (TPSA) is 49.8 Å². The maximum absolute atomic E-state index is 13.6. The molecule has 1 heterocycles. The zero-order valence-corrected chi connectivity index (χ0v) is 11.9. The molecule has 0 saturated carbocycles. The molecule has 1 aromatic carbocycles. The van der Waals surface area contributed by atoms with Crippen molar-refractivity contribution in [2.24, 2.45) is 0 Å². The van der Waals surface area contributed by atoms with Gasteiger partial charge in [-0.05, 0) is 38.0 Å². The van der Waals surface area contributed by atoms with Crippen LogP contribution in [0, 0.1) is 12.7 Å². The molecule has 0 saturated heterocycles. The average molecular weight is 274 g/mol. The van der Waals surface area contributed by atoms with Crippen molar-refractivity contribution in [3.05, 3.63) is 47.5 Å². The molecule has 0 spiro atoms. The van der Waals surface area contributed by atoms with Crippen molar-refractivity contribution in [3.63, 3.8) is 0 Å². The lowest BCUT2D eigenvalue weighted by Gasteiger charge is -2.16. The summed E-state index contributed by atoms with van der Waals surface area (Å²) in [6.45, 7) is 6.50. The number of nitrogens with zero attached hydrogens (tertiary/aromatic N) is 2. The highest BCUT2D eigenvalue weighted by atomic mass is 19.1. The van der Waals surface area contributed by atoms with Crippen molar-refractivity contribution in [1.82, 2.24) is 9.97 Å². The van der Waals surface area contributed by atoms with Gasteiger partial charge in [-0.25, -0.2) is 9.37 Å². The van der Waals surface area contributed by atoms with E-state index in [2.05, 4.69) is 20.6 Å². The number of rotatable bonds is 5. The summed E-state index contributed by atoms with van der Waals surface area (Å²) in [6.07, 6.45) is 3.33. The number of aromatic nitrogens is 2. The molecule has 0 amide bonds. The van der Waals surface area contributed by atoms with Crippen molar-refractivity contribution >= 4 is 11.6 Å². The molecule has 2 rings (SSSR count). The largest absolute Gasteiger partial charge is 0.369 e. The van der Waals surface area contributed by atoms with Gasteiger partial charge in [-0.15, -0.1) is 0 Å². The van der Waals surface area contributed by atoms with Crippen molar-refractivity contribution in [1.29, 1.82) is 0 Å². The summed E-state index contributed by atoms with van der Waals surface area (Å²) in [6, 6.07) is 5.20. The van der Waals surface area contributed by atoms with Crippen LogP contribution < -0.4 is 10.6 Å². The van der Waals surface area contributed by atoms with Gasteiger partial charge >= 0.3 is 0 Å². The van der Waals surface area contributed by atoms with Crippen LogP contribution in [0.15, 0.2) is 30.6 Å². The van der Waals surface area contributed by atoms with Crippen LogP contribution in [0.25, 0.3) is 0 Å². The van der Waals surface area contributed by atoms with Crippen molar-refractivity contribution < 1.29 is 4.39 Å². The van der Waals surface area contributed by atoms with Crippen LogP contribution in [0.4, 0.5) is 16.0 Å². The molecule has 106 valence electrons. The Hall–Kier alpha value is -2.17.